The highest BCUT2D eigenvalue weighted by atomic mass is 16.4. The van der Waals surface area contributed by atoms with E-state index in [0.717, 1.165) is 12.1 Å². The monoisotopic (exact) mass is 285 g/mol. The number of carboxylic acids is 1. The Kier molecular flexibility index (Phi) is 5.49. The standard InChI is InChI=1S/C17H19NO3/c19-16(14-6-8-15(9-7-14)17(20)21)10-11-18-12-13-4-2-1-3-5-13/h1-9,16,18-19H,10-12H2,(H,20,21). The van der Waals surface area contributed by atoms with Crippen LogP contribution in [-0.2, 0) is 6.54 Å². The number of benzene rings is 2. The molecule has 0 fully saturated rings. The second kappa shape index (κ2) is 7.57. The average molecular weight is 285 g/mol. The molecule has 3 N–H and O–H groups in total. The van der Waals surface area contributed by atoms with Crippen LogP contribution in [0.2, 0.25) is 0 Å². The molecule has 0 heterocycles. The van der Waals surface area contributed by atoms with Gasteiger partial charge < -0.3 is 15.5 Å². The number of hydrogen-bond donors (Lipinski definition) is 3. The lowest BCUT2D eigenvalue weighted by molar-refractivity contribution is 0.0696. The molecule has 0 aliphatic rings. The number of aromatic carboxylic acids is 1. The van der Waals surface area contributed by atoms with Gasteiger partial charge in [-0.1, -0.05) is 42.5 Å². The fourth-order valence-electron chi connectivity index (χ4n) is 2.08. The van der Waals surface area contributed by atoms with E-state index in [1.807, 2.05) is 30.3 Å². The first-order chi connectivity index (χ1) is 10.2. The summed E-state index contributed by atoms with van der Waals surface area (Å²) >= 11 is 0. The van der Waals surface area contributed by atoms with E-state index < -0.39 is 12.1 Å². The molecule has 2 aromatic carbocycles. The highest BCUT2D eigenvalue weighted by Crippen LogP contribution is 2.16. The maximum atomic E-state index is 10.8. The summed E-state index contributed by atoms with van der Waals surface area (Å²) in [6, 6.07) is 16.4. The van der Waals surface area contributed by atoms with Crippen molar-refractivity contribution in [1.82, 2.24) is 5.32 Å². The molecule has 0 aliphatic heterocycles. The molecular formula is C17H19NO3. The normalized spacial score (nSPS) is 12.0. The molecule has 0 aromatic heterocycles. The molecule has 4 nitrogen and oxygen atoms in total. The lowest BCUT2D eigenvalue weighted by Crippen LogP contribution is -2.17. The Hall–Kier alpha value is -2.17. The van der Waals surface area contributed by atoms with Crippen molar-refractivity contribution in [3.8, 4) is 0 Å². The van der Waals surface area contributed by atoms with Crippen LogP contribution in [0.5, 0.6) is 0 Å². The first-order valence-electron chi connectivity index (χ1n) is 6.93. The average Bonchev–Trinajstić information content (AvgIpc) is 2.52. The van der Waals surface area contributed by atoms with Crippen molar-refractivity contribution in [3.05, 3.63) is 71.3 Å². The maximum absolute atomic E-state index is 10.8. The molecule has 2 rings (SSSR count). The Labute approximate surface area is 124 Å². The zero-order chi connectivity index (χ0) is 15.1. The van der Waals surface area contributed by atoms with E-state index in [1.54, 1.807) is 12.1 Å². The van der Waals surface area contributed by atoms with E-state index in [2.05, 4.69) is 5.32 Å². The lowest BCUT2D eigenvalue weighted by Gasteiger charge is -2.12. The maximum Gasteiger partial charge on any atom is 0.335 e. The third-order valence-electron chi connectivity index (χ3n) is 3.31. The minimum Gasteiger partial charge on any atom is -0.478 e. The summed E-state index contributed by atoms with van der Waals surface area (Å²) in [4.78, 5) is 10.8. The van der Waals surface area contributed by atoms with Crippen molar-refractivity contribution in [2.24, 2.45) is 0 Å². The van der Waals surface area contributed by atoms with Crippen LogP contribution in [0.25, 0.3) is 0 Å². The zero-order valence-corrected chi connectivity index (χ0v) is 11.7. The molecule has 0 aliphatic carbocycles. The van der Waals surface area contributed by atoms with E-state index in [-0.39, 0.29) is 5.56 Å². The number of nitrogens with one attached hydrogen (secondary N) is 1. The molecule has 0 bridgehead atoms. The molecule has 110 valence electrons. The summed E-state index contributed by atoms with van der Waals surface area (Å²) in [7, 11) is 0. The van der Waals surface area contributed by atoms with E-state index in [9.17, 15) is 9.90 Å². The summed E-state index contributed by atoms with van der Waals surface area (Å²) in [6.07, 6.45) is -0.00434. The topological polar surface area (TPSA) is 69.6 Å². The van der Waals surface area contributed by atoms with Crippen LogP contribution in [0.3, 0.4) is 0 Å². The van der Waals surface area contributed by atoms with Crippen molar-refractivity contribution in [2.75, 3.05) is 6.54 Å². The van der Waals surface area contributed by atoms with Crippen LogP contribution in [-0.4, -0.2) is 22.7 Å². The first kappa shape index (κ1) is 15.2. The molecular weight excluding hydrogens is 266 g/mol. The van der Waals surface area contributed by atoms with Gasteiger partial charge >= 0.3 is 5.97 Å². The fraction of sp³-hybridized carbons (Fsp3) is 0.235. The Morgan fingerprint density at radius 2 is 1.71 bits per heavy atom. The van der Waals surface area contributed by atoms with Gasteiger partial charge in [0.05, 0.1) is 11.7 Å². The predicted molar refractivity (Wildman–Crippen MR) is 81.1 cm³/mol. The Balaban J connectivity index is 1.76. The number of carboxylic acid groups (broad SMARTS) is 1. The first-order valence-corrected chi connectivity index (χ1v) is 6.93. The quantitative estimate of drug-likeness (QED) is 0.684. The third-order valence-corrected chi connectivity index (χ3v) is 3.31. The van der Waals surface area contributed by atoms with Crippen LogP contribution >= 0.6 is 0 Å². The zero-order valence-electron chi connectivity index (χ0n) is 11.7. The molecule has 0 amide bonds. The van der Waals surface area contributed by atoms with E-state index in [0.29, 0.717) is 13.0 Å². The molecule has 2 aromatic rings. The van der Waals surface area contributed by atoms with Gasteiger partial charge in [0.2, 0.25) is 0 Å². The largest absolute Gasteiger partial charge is 0.478 e. The van der Waals surface area contributed by atoms with Crippen LogP contribution < -0.4 is 5.32 Å². The van der Waals surface area contributed by atoms with Crippen molar-refractivity contribution in [2.45, 2.75) is 19.1 Å². The Morgan fingerprint density at radius 3 is 2.33 bits per heavy atom. The molecule has 4 heteroatoms. The molecule has 21 heavy (non-hydrogen) atoms. The molecule has 0 radical (unpaired) electrons. The number of aliphatic hydroxyl groups is 1. The minimum absolute atomic E-state index is 0.230. The fourth-order valence-corrected chi connectivity index (χ4v) is 2.08. The number of aliphatic hydroxyl groups excluding tert-OH is 1. The highest BCUT2D eigenvalue weighted by Gasteiger charge is 2.08. The predicted octanol–water partition coefficient (Wildman–Crippen LogP) is 2.60. The van der Waals surface area contributed by atoms with Crippen LogP contribution in [0.15, 0.2) is 54.6 Å². The number of hydrogen-bond acceptors (Lipinski definition) is 3. The van der Waals surface area contributed by atoms with Crippen molar-refractivity contribution >= 4 is 5.97 Å². The van der Waals surface area contributed by atoms with Gasteiger partial charge in [0.25, 0.3) is 0 Å². The van der Waals surface area contributed by atoms with E-state index in [4.69, 9.17) is 5.11 Å². The van der Waals surface area contributed by atoms with Gasteiger partial charge in [0.15, 0.2) is 0 Å². The summed E-state index contributed by atoms with van der Waals surface area (Å²) in [6.45, 7) is 1.46. The van der Waals surface area contributed by atoms with Gasteiger partial charge in [-0.05, 0) is 36.2 Å². The summed E-state index contributed by atoms with van der Waals surface area (Å²) in [5.41, 5.74) is 2.17. The van der Waals surface area contributed by atoms with Gasteiger partial charge in [-0.25, -0.2) is 4.79 Å². The highest BCUT2D eigenvalue weighted by molar-refractivity contribution is 5.87. The van der Waals surface area contributed by atoms with Crippen LogP contribution in [0.1, 0.15) is 34.0 Å². The van der Waals surface area contributed by atoms with Crippen molar-refractivity contribution in [1.29, 1.82) is 0 Å². The SMILES string of the molecule is O=C(O)c1ccc(C(O)CCNCc2ccccc2)cc1. The summed E-state index contributed by atoms with van der Waals surface area (Å²) in [5.74, 6) is -0.958. The molecule has 0 saturated heterocycles. The van der Waals surface area contributed by atoms with Gasteiger partial charge in [0, 0.05) is 6.54 Å². The van der Waals surface area contributed by atoms with Gasteiger partial charge in [-0.2, -0.15) is 0 Å². The Morgan fingerprint density at radius 1 is 1.05 bits per heavy atom. The van der Waals surface area contributed by atoms with Gasteiger partial charge in [0.1, 0.15) is 0 Å². The Bertz CT molecular complexity index is 566. The number of carbonyl (C=O) groups is 1. The van der Waals surface area contributed by atoms with Crippen molar-refractivity contribution < 1.29 is 15.0 Å². The molecule has 0 spiro atoms. The van der Waals surface area contributed by atoms with Gasteiger partial charge in [-0.3, -0.25) is 0 Å². The summed E-state index contributed by atoms with van der Waals surface area (Å²) < 4.78 is 0. The van der Waals surface area contributed by atoms with Crippen LogP contribution in [0, 0.1) is 0 Å². The molecule has 0 saturated carbocycles. The van der Waals surface area contributed by atoms with E-state index in [1.165, 1.54) is 17.7 Å². The second-order valence-corrected chi connectivity index (χ2v) is 4.89. The van der Waals surface area contributed by atoms with Crippen LogP contribution in [0.4, 0.5) is 0 Å². The van der Waals surface area contributed by atoms with Crippen molar-refractivity contribution in [3.63, 3.8) is 0 Å². The lowest BCUT2D eigenvalue weighted by atomic mass is 10.0. The van der Waals surface area contributed by atoms with E-state index >= 15 is 0 Å². The van der Waals surface area contributed by atoms with Gasteiger partial charge in [-0.15, -0.1) is 0 Å². The smallest absolute Gasteiger partial charge is 0.335 e. The molecule has 1 unspecified atom stereocenters. The summed E-state index contributed by atoms with van der Waals surface area (Å²) in [5, 5.41) is 22.2. The second-order valence-electron chi connectivity index (χ2n) is 4.89. The third kappa shape index (κ3) is 4.70. The molecule has 1 atom stereocenters. The minimum atomic E-state index is -0.958. The number of rotatable bonds is 7.